The van der Waals surface area contributed by atoms with E-state index >= 15 is 0 Å². The van der Waals surface area contributed by atoms with Gasteiger partial charge < -0.3 is 82.1 Å². The number of oxime groups is 2. The van der Waals surface area contributed by atoms with Gasteiger partial charge in [-0.3, -0.25) is 19.4 Å². The Labute approximate surface area is 487 Å². The zero-order valence-corrected chi connectivity index (χ0v) is 50.7. The summed E-state index contributed by atoms with van der Waals surface area (Å²) in [6.07, 6.45) is 9.84. The van der Waals surface area contributed by atoms with Crippen LogP contribution in [0.2, 0.25) is 0 Å². The number of hydrogen-bond acceptors (Lipinski definition) is 24. The third-order valence-corrected chi connectivity index (χ3v) is 15.5. The average molecular weight is 1210 g/mol. The lowest BCUT2D eigenvalue weighted by Crippen LogP contribution is -2.43. The molecule has 1 aliphatic heterocycles. The molecule has 460 valence electrons. The first-order valence-electron chi connectivity index (χ1n) is 27.7. The van der Waals surface area contributed by atoms with Crippen molar-refractivity contribution in [1.29, 1.82) is 0 Å². The predicted molar refractivity (Wildman–Crippen MR) is 315 cm³/mol. The number of carbonyl (C=O) groups excluding carboxylic acids is 3. The minimum absolute atomic E-state index is 0.121. The normalized spacial score (nSPS) is 15.2. The van der Waals surface area contributed by atoms with E-state index in [-0.39, 0.29) is 83.0 Å². The van der Waals surface area contributed by atoms with Gasteiger partial charge in [0.25, 0.3) is 0 Å². The maximum absolute atomic E-state index is 13.2. The van der Waals surface area contributed by atoms with Crippen LogP contribution in [0.1, 0.15) is 44.9 Å². The lowest BCUT2D eigenvalue weighted by molar-refractivity contribution is -0.133. The largest absolute Gasteiger partial charge is 0.393 e. The van der Waals surface area contributed by atoms with E-state index in [2.05, 4.69) is 32.7 Å². The van der Waals surface area contributed by atoms with Gasteiger partial charge >= 0.3 is 0 Å². The molecular weight excluding hydrogens is 1110 g/mol. The number of ether oxygens (including phenoxy) is 12. The van der Waals surface area contributed by atoms with Crippen LogP contribution < -0.4 is 10.6 Å². The van der Waals surface area contributed by atoms with Crippen molar-refractivity contribution in [2.75, 3.05) is 240 Å². The smallest absolute Gasteiger partial charge is 0.225 e. The minimum Gasteiger partial charge on any atom is -0.393 e. The van der Waals surface area contributed by atoms with E-state index in [4.69, 9.17) is 66.5 Å². The van der Waals surface area contributed by atoms with E-state index in [1.807, 2.05) is 36.0 Å². The van der Waals surface area contributed by atoms with E-state index in [1.54, 1.807) is 28.4 Å². The lowest BCUT2D eigenvalue weighted by Gasteiger charge is -2.28. The molecule has 79 heavy (non-hydrogen) atoms. The van der Waals surface area contributed by atoms with Gasteiger partial charge in [0, 0.05) is 72.5 Å². The Morgan fingerprint density at radius 1 is 0.506 bits per heavy atom. The molecule has 0 aromatic heterocycles. The van der Waals surface area contributed by atoms with Crippen molar-refractivity contribution in [3.8, 4) is 0 Å². The molecule has 2 aliphatic rings. The van der Waals surface area contributed by atoms with Gasteiger partial charge in [0.05, 0.1) is 183 Å². The van der Waals surface area contributed by atoms with Crippen LogP contribution in [0.3, 0.4) is 0 Å². The first-order chi connectivity index (χ1) is 39.0. The summed E-state index contributed by atoms with van der Waals surface area (Å²) in [7, 11) is 0. The molecule has 0 bridgehead atoms. The number of amides is 3. The number of aliphatic imine (C=N–C) groups is 1. The van der Waals surface area contributed by atoms with Crippen LogP contribution >= 0.6 is 47.0 Å². The Hall–Kier alpha value is -2.06. The first kappa shape index (κ1) is 73.0. The summed E-state index contributed by atoms with van der Waals surface area (Å²) < 4.78 is 66.4. The third-order valence-electron chi connectivity index (χ3n) is 11.1. The summed E-state index contributed by atoms with van der Waals surface area (Å²) in [5, 5.41) is 15.7. The maximum Gasteiger partial charge on any atom is 0.225 e. The van der Waals surface area contributed by atoms with Gasteiger partial charge in [-0.2, -0.15) is 47.0 Å². The Kier molecular flexibility index (Phi) is 52.2. The molecule has 0 spiro atoms. The summed E-state index contributed by atoms with van der Waals surface area (Å²) in [6.45, 7) is 15.1. The summed E-state index contributed by atoms with van der Waals surface area (Å²) in [5.41, 5.74) is 2.15. The van der Waals surface area contributed by atoms with Crippen LogP contribution in [0.4, 0.5) is 0 Å². The van der Waals surface area contributed by atoms with Crippen molar-refractivity contribution < 1.29 is 80.9 Å². The van der Waals surface area contributed by atoms with Gasteiger partial charge in [0.1, 0.15) is 13.2 Å². The molecule has 0 aromatic rings. The number of thioether (sulfide) groups is 4. The lowest BCUT2D eigenvalue weighted by atomic mass is 10.00. The molecule has 1 saturated heterocycles. The molecule has 1 aliphatic carbocycles. The second kappa shape index (κ2) is 56.4. The van der Waals surface area contributed by atoms with Crippen molar-refractivity contribution in [1.82, 2.24) is 15.5 Å². The fraction of sp³-hybridized carbons (Fsp3) is 0.885. The van der Waals surface area contributed by atoms with Crippen molar-refractivity contribution in [2.45, 2.75) is 55.4 Å². The highest BCUT2D eigenvalue weighted by molar-refractivity contribution is 8.05. The van der Waals surface area contributed by atoms with Crippen LogP contribution in [0.15, 0.2) is 15.3 Å². The molecule has 2 atom stereocenters. The molecular formula is C52H96N6O17S4. The van der Waals surface area contributed by atoms with Crippen molar-refractivity contribution >= 4 is 82.9 Å². The Balaban J connectivity index is 1.51. The number of carbonyl (C=O) groups is 3. The standard InChI is InChI=1S/C52H96N6O17S4/c1-53-13-19-65-23-27-69-31-28-68-26-22-64-18-10-52(61)58(14-11-54-50(59)8-16-62-20-24-66-29-32-70-34-36-72-38-40-74-56-46(42-76-2)43-77-3)15-12-55-51(60)9-17-63-21-25-67-30-33-71-35-37-73-39-41-75-57-47-44-78-48-6-4-5-7-49(48)79-45-47/h48-49H,1,4-45H2,2-3H3,(H,54,59)(H,55,60). The Morgan fingerprint density at radius 2 is 0.861 bits per heavy atom. The number of fused-ring (bicyclic) bond motifs is 1. The molecule has 1 saturated carbocycles. The maximum atomic E-state index is 13.2. The Morgan fingerprint density at radius 3 is 1.25 bits per heavy atom. The van der Waals surface area contributed by atoms with Crippen molar-refractivity contribution in [3.63, 3.8) is 0 Å². The molecule has 1 heterocycles. The molecule has 0 radical (unpaired) electrons. The number of nitrogens with zero attached hydrogens (tertiary/aromatic N) is 4. The van der Waals surface area contributed by atoms with Crippen LogP contribution in [0.25, 0.3) is 0 Å². The van der Waals surface area contributed by atoms with E-state index in [0.717, 1.165) is 44.9 Å². The zero-order chi connectivity index (χ0) is 56.6. The van der Waals surface area contributed by atoms with E-state index < -0.39 is 0 Å². The molecule has 2 rings (SSSR count). The summed E-state index contributed by atoms with van der Waals surface area (Å²) in [5.74, 6) is 3.03. The molecule has 23 nitrogen and oxygen atoms in total. The summed E-state index contributed by atoms with van der Waals surface area (Å²) >= 11 is 7.50. The van der Waals surface area contributed by atoms with Crippen LogP contribution in [-0.2, 0) is 80.9 Å². The molecule has 3 amide bonds. The summed E-state index contributed by atoms with van der Waals surface area (Å²) in [6, 6.07) is 0. The fourth-order valence-electron chi connectivity index (χ4n) is 7.10. The van der Waals surface area contributed by atoms with E-state index in [1.165, 1.54) is 25.7 Å². The van der Waals surface area contributed by atoms with Crippen molar-refractivity contribution in [3.05, 3.63) is 0 Å². The SMILES string of the molecule is C=NCCOCCOCCOCCOCCC(=O)N(CCNC(=O)CCOCCOCCOCCOCCON=C(CSC)CSC)CCNC(=O)CCOCCOCCOCCOCCON=C1CSC2CCCCC2SC1. The number of nitrogens with one attached hydrogen (secondary N) is 2. The van der Waals surface area contributed by atoms with Crippen LogP contribution in [-0.4, -0.2) is 291 Å². The van der Waals surface area contributed by atoms with E-state index in [9.17, 15) is 14.4 Å². The number of hydrogen-bond donors (Lipinski definition) is 2. The van der Waals surface area contributed by atoms with Gasteiger partial charge in [-0.15, -0.1) is 0 Å². The molecule has 0 aromatic carbocycles. The molecule has 2 N–H and O–H groups in total. The van der Waals surface area contributed by atoms with Gasteiger partial charge in [-0.05, 0) is 32.1 Å². The first-order valence-corrected chi connectivity index (χ1v) is 32.6. The van der Waals surface area contributed by atoms with Crippen molar-refractivity contribution in [2.24, 2.45) is 15.3 Å². The van der Waals surface area contributed by atoms with Crippen LogP contribution in [0, 0.1) is 0 Å². The van der Waals surface area contributed by atoms with Gasteiger partial charge in [0.15, 0.2) is 0 Å². The van der Waals surface area contributed by atoms with Gasteiger partial charge in [0.2, 0.25) is 17.7 Å². The average Bonchev–Trinajstić information content (AvgIpc) is 3.67. The Bertz CT molecular complexity index is 1520. The monoisotopic (exact) mass is 1200 g/mol. The van der Waals surface area contributed by atoms with E-state index in [0.29, 0.717) is 159 Å². The molecule has 2 unspecified atom stereocenters. The second-order valence-corrected chi connectivity index (χ2v) is 21.6. The van der Waals surface area contributed by atoms with Crippen LogP contribution in [0.5, 0.6) is 0 Å². The zero-order valence-electron chi connectivity index (χ0n) is 47.4. The molecule has 2 fully saturated rings. The fourth-order valence-corrected chi connectivity index (χ4v) is 11.3. The highest BCUT2D eigenvalue weighted by Crippen LogP contribution is 2.38. The second-order valence-electron chi connectivity index (χ2n) is 17.5. The number of rotatable bonds is 57. The quantitative estimate of drug-likeness (QED) is 0.0504. The third kappa shape index (κ3) is 46.1. The highest BCUT2D eigenvalue weighted by Gasteiger charge is 2.29. The topological polar surface area (TPSA) is 245 Å². The predicted octanol–water partition coefficient (Wildman–Crippen LogP) is 3.38. The van der Waals surface area contributed by atoms with Gasteiger partial charge in [-0.1, -0.05) is 23.2 Å². The summed E-state index contributed by atoms with van der Waals surface area (Å²) in [4.78, 5) is 54.6. The highest BCUT2D eigenvalue weighted by atomic mass is 32.2. The minimum atomic E-state index is -0.209. The van der Waals surface area contributed by atoms with Gasteiger partial charge in [-0.25, -0.2) is 0 Å². The molecule has 27 heteroatoms.